The van der Waals surface area contributed by atoms with Crippen LogP contribution in [0.5, 0.6) is 0 Å². The van der Waals surface area contributed by atoms with Crippen molar-refractivity contribution < 1.29 is 4.79 Å². The van der Waals surface area contributed by atoms with Crippen molar-refractivity contribution in [1.82, 2.24) is 4.98 Å². The average Bonchev–Trinajstić information content (AvgIpc) is 2.85. The molecule has 0 saturated heterocycles. The summed E-state index contributed by atoms with van der Waals surface area (Å²) in [7, 11) is 0. The summed E-state index contributed by atoms with van der Waals surface area (Å²) in [5.41, 5.74) is 1.24. The van der Waals surface area contributed by atoms with Crippen LogP contribution in [-0.2, 0) is 11.2 Å². The molecule has 1 aliphatic carbocycles. The van der Waals surface area contributed by atoms with Gasteiger partial charge in [0.2, 0.25) is 5.91 Å². The molecular formula is C15H20N2O. The van der Waals surface area contributed by atoms with Crippen LogP contribution < -0.4 is 4.90 Å². The highest BCUT2D eigenvalue weighted by molar-refractivity contribution is 5.95. The first-order valence-electron chi connectivity index (χ1n) is 7.11. The second-order valence-corrected chi connectivity index (χ2v) is 5.41. The molecule has 0 N–H and O–H groups in total. The van der Waals surface area contributed by atoms with E-state index in [2.05, 4.69) is 11.1 Å². The van der Waals surface area contributed by atoms with Gasteiger partial charge in [-0.25, -0.2) is 4.98 Å². The van der Waals surface area contributed by atoms with Crippen LogP contribution in [-0.4, -0.2) is 17.4 Å². The third-order valence-corrected chi connectivity index (χ3v) is 4.17. The van der Waals surface area contributed by atoms with Crippen molar-refractivity contribution in [2.45, 2.75) is 44.9 Å². The molecular weight excluding hydrogens is 224 g/mol. The van der Waals surface area contributed by atoms with Crippen molar-refractivity contribution in [3.63, 3.8) is 0 Å². The zero-order valence-electron chi connectivity index (χ0n) is 10.8. The normalized spacial score (nSPS) is 20.6. The number of rotatable bonds is 1. The van der Waals surface area contributed by atoms with Crippen molar-refractivity contribution in [2.24, 2.45) is 5.92 Å². The molecule has 18 heavy (non-hydrogen) atoms. The number of carbonyl (C=O) groups excluding carboxylic acids is 1. The van der Waals surface area contributed by atoms with E-state index in [1.165, 1.54) is 18.4 Å². The summed E-state index contributed by atoms with van der Waals surface area (Å²) in [5.74, 6) is 1.49. The highest BCUT2D eigenvalue weighted by Gasteiger charge is 2.30. The fraction of sp³-hybridized carbons (Fsp3) is 0.600. The minimum absolute atomic E-state index is 0.248. The van der Waals surface area contributed by atoms with Crippen molar-refractivity contribution in [3.8, 4) is 0 Å². The van der Waals surface area contributed by atoms with E-state index >= 15 is 0 Å². The van der Waals surface area contributed by atoms with Crippen molar-refractivity contribution in [2.75, 3.05) is 11.4 Å². The Bertz CT molecular complexity index is 438. The van der Waals surface area contributed by atoms with Crippen LogP contribution in [0.1, 0.15) is 44.1 Å². The molecule has 2 heterocycles. The smallest absolute Gasteiger partial charge is 0.231 e. The Kier molecular flexibility index (Phi) is 3.31. The van der Waals surface area contributed by atoms with Crippen LogP contribution in [0.25, 0.3) is 0 Å². The van der Waals surface area contributed by atoms with Crippen molar-refractivity contribution in [1.29, 1.82) is 0 Å². The highest BCUT2D eigenvalue weighted by Crippen LogP contribution is 2.30. The average molecular weight is 244 g/mol. The van der Waals surface area contributed by atoms with Gasteiger partial charge in [-0.1, -0.05) is 18.9 Å². The first-order chi connectivity index (χ1) is 8.86. The molecule has 1 saturated carbocycles. The summed E-state index contributed by atoms with van der Waals surface area (Å²) in [6.45, 7) is 0.847. The Morgan fingerprint density at radius 1 is 1.22 bits per heavy atom. The van der Waals surface area contributed by atoms with Crippen LogP contribution in [0.4, 0.5) is 5.82 Å². The molecule has 1 amide bonds. The number of nitrogens with zero attached hydrogens (tertiary/aromatic N) is 2. The predicted octanol–water partition coefficient (Wildman–Crippen LogP) is 2.94. The summed E-state index contributed by atoms with van der Waals surface area (Å²) >= 11 is 0. The molecule has 1 fully saturated rings. The molecule has 1 aromatic rings. The maximum atomic E-state index is 12.6. The lowest BCUT2D eigenvalue weighted by Crippen LogP contribution is -2.36. The molecule has 0 bridgehead atoms. The fourth-order valence-electron chi connectivity index (χ4n) is 3.17. The van der Waals surface area contributed by atoms with E-state index in [0.717, 1.165) is 44.5 Å². The number of amides is 1. The zero-order chi connectivity index (χ0) is 12.4. The molecule has 0 atom stereocenters. The Morgan fingerprint density at radius 2 is 2.06 bits per heavy atom. The van der Waals surface area contributed by atoms with Gasteiger partial charge in [0.25, 0.3) is 0 Å². The van der Waals surface area contributed by atoms with Crippen LogP contribution in [0.2, 0.25) is 0 Å². The van der Waals surface area contributed by atoms with Gasteiger partial charge in [0.05, 0.1) is 0 Å². The van der Waals surface area contributed by atoms with Crippen LogP contribution in [0, 0.1) is 5.92 Å². The largest absolute Gasteiger partial charge is 0.296 e. The fourth-order valence-corrected chi connectivity index (χ4v) is 3.17. The van der Waals surface area contributed by atoms with E-state index in [-0.39, 0.29) is 5.92 Å². The number of hydrogen-bond acceptors (Lipinski definition) is 2. The quantitative estimate of drug-likeness (QED) is 0.761. The molecule has 0 aromatic carbocycles. The predicted molar refractivity (Wildman–Crippen MR) is 71.5 cm³/mol. The van der Waals surface area contributed by atoms with E-state index < -0.39 is 0 Å². The molecule has 0 unspecified atom stereocenters. The Morgan fingerprint density at radius 3 is 2.89 bits per heavy atom. The summed E-state index contributed by atoms with van der Waals surface area (Å²) in [4.78, 5) is 19.0. The second kappa shape index (κ2) is 5.09. The molecule has 0 spiro atoms. The molecule has 2 aliphatic rings. The Balaban J connectivity index is 1.88. The number of fused-ring (bicyclic) bond motifs is 1. The number of aryl methyl sites for hydroxylation is 1. The van der Waals surface area contributed by atoms with Gasteiger partial charge in [-0.2, -0.15) is 0 Å². The maximum Gasteiger partial charge on any atom is 0.231 e. The number of pyridine rings is 1. The molecule has 3 heteroatoms. The minimum atomic E-state index is 0.248. The minimum Gasteiger partial charge on any atom is -0.296 e. The van der Waals surface area contributed by atoms with Crippen LogP contribution in [0.3, 0.4) is 0 Å². The van der Waals surface area contributed by atoms with E-state index in [1.807, 2.05) is 11.0 Å². The van der Waals surface area contributed by atoms with Gasteiger partial charge < -0.3 is 0 Å². The number of anilines is 1. The molecule has 3 rings (SSSR count). The zero-order valence-corrected chi connectivity index (χ0v) is 10.8. The van der Waals surface area contributed by atoms with Gasteiger partial charge in [-0.05, 0) is 43.7 Å². The highest BCUT2D eigenvalue weighted by atomic mass is 16.2. The van der Waals surface area contributed by atoms with Crippen molar-refractivity contribution in [3.05, 3.63) is 23.9 Å². The molecule has 1 aliphatic heterocycles. The van der Waals surface area contributed by atoms with E-state index in [4.69, 9.17) is 0 Å². The van der Waals surface area contributed by atoms with Crippen LogP contribution >= 0.6 is 0 Å². The third-order valence-electron chi connectivity index (χ3n) is 4.17. The van der Waals surface area contributed by atoms with Gasteiger partial charge in [0.15, 0.2) is 0 Å². The molecule has 96 valence electrons. The third kappa shape index (κ3) is 2.14. The monoisotopic (exact) mass is 244 g/mol. The standard InChI is InChI=1S/C15H20N2O/c18-15(13-7-1-2-8-13)17-11-4-3-6-12-9-5-10-16-14(12)17/h5,9-10,13H,1-4,6-8,11H2. The Labute approximate surface area is 108 Å². The van der Waals surface area contributed by atoms with Crippen molar-refractivity contribution >= 4 is 11.7 Å². The van der Waals surface area contributed by atoms with Gasteiger partial charge in [-0.3, -0.25) is 9.69 Å². The van der Waals surface area contributed by atoms with Gasteiger partial charge >= 0.3 is 0 Å². The van der Waals surface area contributed by atoms with Gasteiger partial charge in [0.1, 0.15) is 5.82 Å². The molecule has 1 aromatic heterocycles. The van der Waals surface area contributed by atoms with E-state index in [0.29, 0.717) is 5.91 Å². The Hall–Kier alpha value is -1.38. The maximum absolute atomic E-state index is 12.6. The van der Waals surface area contributed by atoms with Crippen LogP contribution in [0.15, 0.2) is 18.3 Å². The lowest BCUT2D eigenvalue weighted by atomic mass is 10.1. The SMILES string of the molecule is O=C(C1CCCC1)N1CCCCc2cccnc21. The molecule has 0 radical (unpaired) electrons. The van der Waals surface area contributed by atoms with Gasteiger partial charge in [-0.15, -0.1) is 0 Å². The molecule has 3 nitrogen and oxygen atoms in total. The summed E-state index contributed by atoms with van der Waals surface area (Å²) in [6, 6.07) is 4.09. The van der Waals surface area contributed by atoms with E-state index in [1.54, 1.807) is 6.20 Å². The summed E-state index contributed by atoms with van der Waals surface area (Å²) in [5, 5.41) is 0. The second-order valence-electron chi connectivity index (χ2n) is 5.41. The summed E-state index contributed by atoms with van der Waals surface area (Å²) in [6.07, 6.45) is 9.66. The lowest BCUT2D eigenvalue weighted by molar-refractivity contribution is -0.122. The number of hydrogen-bond donors (Lipinski definition) is 0. The lowest BCUT2D eigenvalue weighted by Gasteiger charge is -2.24. The van der Waals surface area contributed by atoms with E-state index in [9.17, 15) is 4.79 Å². The first kappa shape index (κ1) is 11.7. The summed E-state index contributed by atoms with van der Waals surface area (Å²) < 4.78 is 0. The number of carbonyl (C=O) groups is 1. The number of aromatic nitrogens is 1. The topological polar surface area (TPSA) is 33.2 Å². The van der Waals surface area contributed by atoms with Gasteiger partial charge in [0, 0.05) is 18.7 Å². The first-order valence-corrected chi connectivity index (χ1v) is 7.11.